The summed E-state index contributed by atoms with van der Waals surface area (Å²) in [7, 11) is 2.94. The Balaban J connectivity index is 1.10. The first kappa shape index (κ1) is 23.8. The average Bonchev–Trinajstić information content (AvgIpc) is 3.78. The monoisotopic (exact) mass is 560 g/mol. The number of carbonyl (C=O) groups excluding carboxylic acids is 4. The van der Waals surface area contributed by atoms with Crippen LogP contribution in [0.15, 0.2) is 23.3 Å². The molecule has 10 nitrogen and oxygen atoms in total. The third-order valence-corrected chi connectivity index (χ3v) is 12.7. The molecule has 12 heteroatoms. The molecule has 2 bridgehead atoms. The highest BCUT2D eigenvalue weighted by Gasteiger charge is 2.80. The van der Waals surface area contributed by atoms with Gasteiger partial charge >= 0.3 is 11.9 Å². The van der Waals surface area contributed by atoms with Crippen molar-refractivity contribution in [1.29, 1.82) is 0 Å². The zero-order chi connectivity index (χ0) is 26.1. The van der Waals surface area contributed by atoms with Crippen molar-refractivity contribution < 1.29 is 38.1 Å². The maximum Gasteiger partial charge on any atom is 0.306 e. The van der Waals surface area contributed by atoms with Gasteiger partial charge in [-0.2, -0.15) is 0 Å². The summed E-state index contributed by atoms with van der Waals surface area (Å²) in [5, 5.41) is 0. The van der Waals surface area contributed by atoms with Crippen LogP contribution in [0.5, 0.6) is 0 Å². The molecule has 9 aliphatic rings. The normalized spacial score (nSPS) is 46.2. The number of ether oxygens (including phenoxy) is 4. The van der Waals surface area contributed by atoms with Gasteiger partial charge in [-0.25, -0.2) is 0 Å². The van der Waals surface area contributed by atoms with E-state index in [1.54, 1.807) is 9.80 Å². The minimum absolute atomic E-state index is 0.0740. The molecule has 10 atom stereocenters. The zero-order valence-electron chi connectivity index (χ0n) is 21.0. The zero-order valence-corrected chi connectivity index (χ0v) is 22.6. The first-order chi connectivity index (χ1) is 18.3. The third-order valence-electron chi connectivity index (χ3n) is 9.11. The number of epoxide rings is 2. The molecule has 2 aliphatic carbocycles. The SMILES string of the molecule is CCCCCC(=O)OC1C=C2CC34SSC5(CC6=CC(OC(C)=O)C7OC7C6N5C3=O)C(=O)N4C2C2OC12. The number of unbranched alkanes of at least 4 members (excludes halogenated alkanes) is 2. The Labute approximate surface area is 227 Å². The van der Waals surface area contributed by atoms with Gasteiger partial charge in [0.15, 0.2) is 9.74 Å². The number of piperazine rings is 1. The van der Waals surface area contributed by atoms with Gasteiger partial charge in [-0.1, -0.05) is 41.4 Å². The van der Waals surface area contributed by atoms with Crippen molar-refractivity contribution >= 4 is 45.3 Å². The number of hydrogen-bond acceptors (Lipinski definition) is 10. The number of carbonyl (C=O) groups is 4. The van der Waals surface area contributed by atoms with Crippen LogP contribution < -0.4 is 0 Å². The number of amides is 2. The third kappa shape index (κ3) is 2.95. The predicted octanol–water partition coefficient (Wildman–Crippen LogP) is 1.83. The second-order valence-electron chi connectivity index (χ2n) is 11.4. The van der Waals surface area contributed by atoms with Crippen LogP contribution in [-0.2, 0) is 38.1 Å². The molecule has 9 rings (SSSR count). The molecule has 2 amide bonds. The van der Waals surface area contributed by atoms with E-state index in [0.29, 0.717) is 19.3 Å². The van der Waals surface area contributed by atoms with Crippen molar-refractivity contribution in [3.63, 3.8) is 0 Å². The van der Waals surface area contributed by atoms with Crippen molar-refractivity contribution in [1.82, 2.24) is 9.80 Å². The fourth-order valence-corrected chi connectivity index (χ4v) is 11.2. The lowest BCUT2D eigenvalue weighted by Crippen LogP contribution is -2.76. The molecule has 0 saturated carbocycles. The quantitative estimate of drug-likeness (QED) is 0.157. The molecular weight excluding hydrogens is 532 g/mol. The Hall–Kier alpha value is -2.02. The van der Waals surface area contributed by atoms with Gasteiger partial charge in [0.25, 0.3) is 11.8 Å². The molecule has 0 aromatic carbocycles. The number of rotatable bonds is 6. The highest BCUT2D eigenvalue weighted by atomic mass is 33.1. The molecule has 0 N–H and O–H groups in total. The van der Waals surface area contributed by atoms with Crippen molar-refractivity contribution in [2.24, 2.45) is 0 Å². The van der Waals surface area contributed by atoms with E-state index in [2.05, 4.69) is 6.92 Å². The van der Waals surface area contributed by atoms with Crippen LogP contribution in [0.3, 0.4) is 0 Å². The predicted molar refractivity (Wildman–Crippen MR) is 134 cm³/mol. The fraction of sp³-hybridized carbons (Fsp3) is 0.692. The van der Waals surface area contributed by atoms with E-state index in [-0.39, 0.29) is 60.3 Å². The smallest absolute Gasteiger partial charge is 0.306 e. The summed E-state index contributed by atoms with van der Waals surface area (Å²) < 4.78 is 23.1. The van der Waals surface area contributed by atoms with Gasteiger partial charge in [0, 0.05) is 26.2 Å². The van der Waals surface area contributed by atoms with Crippen molar-refractivity contribution in [3.8, 4) is 0 Å². The van der Waals surface area contributed by atoms with E-state index in [1.165, 1.54) is 28.5 Å². The molecule has 202 valence electrons. The molecule has 0 aromatic heterocycles. The van der Waals surface area contributed by atoms with E-state index in [9.17, 15) is 19.2 Å². The van der Waals surface area contributed by atoms with Gasteiger partial charge in [-0.05, 0) is 29.7 Å². The summed E-state index contributed by atoms with van der Waals surface area (Å²) >= 11 is 0. The molecule has 7 fully saturated rings. The topological polar surface area (TPSA) is 118 Å². The van der Waals surface area contributed by atoms with Gasteiger partial charge in [0.2, 0.25) is 0 Å². The molecule has 38 heavy (non-hydrogen) atoms. The first-order valence-corrected chi connectivity index (χ1v) is 15.6. The van der Waals surface area contributed by atoms with Gasteiger partial charge in [0.05, 0.1) is 12.1 Å². The summed E-state index contributed by atoms with van der Waals surface area (Å²) in [6.45, 7) is 3.46. The van der Waals surface area contributed by atoms with E-state index in [4.69, 9.17) is 18.9 Å². The molecule has 7 saturated heterocycles. The van der Waals surface area contributed by atoms with Crippen LogP contribution in [0.25, 0.3) is 0 Å². The van der Waals surface area contributed by atoms with Crippen LogP contribution in [0.4, 0.5) is 0 Å². The lowest BCUT2D eigenvalue weighted by atomic mass is 9.91. The Morgan fingerprint density at radius 3 is 1.92 bits per heavy atom. The van der Waals surface area contributed by atoms with E-state index < -0.39 is 21.9 Å². The molecule has 7 aliphatic heterocycles. The van der Waals surface area contributed by atoms with Crippen LogP contribution in [0, 0.1) is 0 Å². The minimum Gasteiger partial charge on any atom is -0.455 e. The molecule has 0 aromatic rings. The Bertz CT molecular complexity index is 1250. The lowest BCUT2D eigenvalue weighted by molar-refractivity contribution is -0.166. The Kier molecular flexibility index (Phi) is 4.89. The maximum atomic E-state index is 14.3. The van der Waals surface area contributed by atoms with Crippen molar-refractivity contribution in [2.75, 3.05) is 0 Å². The number of fused-ring (bicyclic) bond motifs is 7. The molecule has 7 heterocycles. The second-order valence-corrected chi connectivity index (χ2v) is 14.1. The highest BCUT2D eigenvalue weighted by molar-refractivity contribution is 8.78. The number of nitrogens with zero attached hydrogens (tertiary/aromatic N) is 2. The van der Waals surface area contributed by atoms with Crippen LogP contribution in [0.1, 0.15) is 52.4 Å². The minimum atomic E-state index is -1.05. The van der Waals surface area contributed by atoms with Crippen molar-refractivity contribution in [3.05, 3.63) is 23.3 Å². The average molecular weight is 561 g/mol. The van der Waals surface area contributed by atoms with E-state index in [0.717, 1.165) is 30.4 Å². The molecule has 2 spiro atoms. The van der Waals surface area contributed by atoms with Gasteiger partial charge < -0.3 is 28.7 Å². The largest absolute Gasteiger partial charge is 0.455 e. The van der Waals surface area contributed by atoms with Gasteiger partial charge in [0.1, 0.15) is 36.6 Å². The molecule has 0 radical (unpaired) electrons. The van der Waals surface area contributed by atoms with E-state index in [1.807, 2.05) is 12.2 Å². The summed E-state index contributed by atoms with van der Waals surface area (Å²) in [5.41, 5.74) is 1.87. The molecular formula is C26H28N2O8S2. The van der Waals surface area contributed by atoms with Crippen molar-refractivity contribution in [2.45, 2.75) is 111 Å². The Morgan fingerprint density at radius 1 is 0.895 bits per heavy atom. The molecule has 10 unspecified atom stereocenters. The van der Waals surface area contributed by atoms with Crippen LogP contribution in [-0.4, -0.2) is 92.0 Å². The van der Waals surface area contributed by atoms with Crippen LogP contribution in [0.2, 0.25) is 0 Å². The maximum absolute atomic E-state index is 14.3. The lowest BCUT2D eigenvalue weighted by Gasteiger charge is -2.58. The first-order valence-electron chi connectivity index (χ1n) is 13.4. The highest BCUT2D eigenvalue weighted by Crippen LogP contribution is 2.71. The van der Waals surface area contributed by atoms with Crippen LogP contribution >= 0.6 is 21.6 Å². The van der Waals surface area contributed by atoms with E-state index >= 15 is 0 Å². The summed E-state index contributed by atoms with van der Waals surface area (Å²) in [6.07, 6.45) is 5.68. The summed E-state index contributed by atoms with van der Waals surface area (Å²) in [4.78, 5) is 54.2. The summed E-state index contributed by atoms with van der Waals surface area (Å²) in [5.74, 6) is -0.765. The summed E-state index contributed by atoms with van der Waals surface area (Å²) in [6, 6.07) is -0.650. The fourth-order valence-electron chi connectivity index (χ4n) is 7.45. The van der Waals surface area contributed by atoms with Gasteiger partial charge in [-0.3, -0.25) is 19.2 Å². The van der Waals surface area contributed by atoms with Gasteiger partial charge in [-0.15, -0.1) is 0 Å². The number of hydrogen-bond donors (Lipinski definition) is 0. The number of esters is 2. The standard InChI is InChI=1S/C26H28N2O8S2/c1-3-4-5-6-16(30)34-15-8-13-10-26-24(32)27-17-12(7-14(33-11(2)29)19-21(17)35-19)9-25(27,37-38-26)23(31)28(26)18(13)22-20(15)36-22/h7-8,14-15,17-22H,3-6,9-10H2,1-2H3. The second kappa shape index (κ2) is 7.80. The Morgan fingerprint density at radius 2 is 1.42 bits per heavy atom.